The van der Waals surface area contributed by atoms with Crippen LogP contribution >= 0.6 is 0 Å². The average molecular weight is 329 g/mol. The molecular weight excluding hydrogens is 310 g/mol. The second-order valence-corrected chi connectivity index (χ2v) is 6.61. The Morgan fingerprint density at radius 2 is 2.08 bits per heavy atom. The Labute approximate surface area is 146 Å². The topological polar surface area (TPSA) is 47.8 Å². The molecule has 25 heavy (non-hydrogen) atoms. The van der Waals surface area contributed by atoms with Crippen molar-refractivity contribution in [2.24, 2.45) is 5.92 Å². The predicted octanol–water partition coefficient (Wildman–Crippen LogP) is 3.16. The molecule has 3 aromatic rings. The highest BCUT2D eigenvalue weighted by molar-refractivity contribution is 5.79. The minimum Gasteiger partial charge on any atom is -0.296 e. The maximum Gasteiger partial charge on any atom is 0.261 e. The van der Waals surface area contributed by atoms with Gasteiger partial charge in [-0.3, -0.25) is 9.36 Å². The van der Waals surface area contributed by atoms with Crippen LogP contribution in [0.15, 0.2) is 47.4 Å². The fourth-order valence-electron chi connectivity index (χ4n) is 3.21. The molecule has 0 spiro atoms. The van der Waals surface area contributed by atoms with Crippen molar-refractivity contribution < 1.29 is 0 Å². The van der Waals surface area contributed by atoms with Gasteiger partial charge < -0.3 is 0 Å². The van der Waals surface area contributed by atoms with E-state index in [1.165, 1.54) is 0 Å². The van der Waals surface area contributed by atoms with Crippen LogP contribution in [0.25, 0.3) is 10.9 Å². The van der Waals surface area contributed by atoms with Crippen molar-refractivity contribution in [1.82, 2.24) is 14.5 Å². The van der Waals surface area contributed by atoms with Crippen molar-refractivity contribution in [3.8, 4) is 11.8 Å². The first kappa shape index (κ1) is 15.6. The smallest absolute Gasteiger partial charge is 0.261 e. The summed E-state index contributed by atoms with van der Waals surface area (Å²) in [4.78, 5) is 21.8. The highest BCUT2D eigenvalue weighted by Gasteiger charge is 2.16. The number of hydrogen-bond acceptors (Lipinski definition) is 3. The molecule has 0 amide bonds. The number of aromatic nitrogens is 3. The third-order valence-electron chi connectivity index (χ3n) is 4.74. The number of hydrogen-bond donors (Lipinski definition) is 0. The predicted molar refractivity (Wildman–Crippen MR) is 98.3 cm³/mol. The highest BCUT2D eigenvalue weighted by atomic mass is 16.1. The molecular formula is C21H19N3O. The van der Waals surface area contributed by atoms with Crippen molar-refractivity contribution >= 4 is 10.9 Å². The van der Waals surface area contributed by atoms with Gasteiger partial charge in [0.15, 0.2) is 0 Å². The Balaban J connectivity index is 1.77. The van der Waals surface area contributed by atoms with Crippen LogP contribution in [0.1, 0.15) is 36.8 Å². The molecule has 1 atom stereocenters. The zero-order chi connectivity index (χ0) is 17.2. The standard InChI is InChI=1S/C21H19N3O/c1-15-5-10-20-23-19-14-16(6-8-17-4-2-3-12-22-17)7-9-18(19)21(25)24(20)13-11-15/h2-4,7,9,12,14-15H,5,10-11,13H2,1H3/t15-/m1/s1. The van der Waals surface area contributed by atoms with Crippen LogP contribution in [0.3, 0.4) is 0 Å². The molecule has 0 bridgehead atoms. The minimum atomic E-state index is 0.0679. The molecule has 0 radical (unpaired) electrons. The first-order valence-electron chi connectivity index (χ1n) is 8.67. The summed E-state index contributed by atoms with van der Waals surface area (Å²) in [6.07, 6.45) is 4.70. The fraction of sp³-hybridized carbons (Fsp3) is 0.286. The number of nitrogens with zero attached hydrogens (tertiary/aromatic N) is 3. The van der Waals surface area contributed by atoms with E-state index >= 15 is 0 Å². The summed E-state index contributed by atoms with van der Waals surface area (Å²) in [6.45, 7) is 3.00. The lowest BCUT2D eigenvalue weighted by Gasteiger charge is -2.10. The van der Waals surface area contributed by atoms with Crippen LogP contribution in [-0.2, 0) is 13.0 Å². The number of rotatable bonds is 0. The van der Waals surface area contributed by atoms with Gasteiger partial charge in [-0.1, -0.05) is 18.9 Å². The van der Waals surface area contributed by atoms with Gasteiger partial charge in [0, 0.05) is 24.7 Å². The maximum atomic E-state index is 12.8. The van der Waals surface area contributed by atoms with Gasteiger partial charge in [-0.15, -0.1) is 0 Å². The number of aryl methyl sites for hydroxylation is 1. The van der Waals surface area contributed by atoms with E-state index in [1.807, 2.05) is 41.0 Å². The van der Waals surface area contributed by atoms with Crippen molar-refractivity contribution in [2.45, 2.75) is 32.7 Å². The normalized spacial score (nSPS) is 16.6. The van der Waals surface area contributed by atoms with Crippen LogP contribution in [0.2, 0.25) is 0 Å². The molecule has 1 aliphatic rings. The molecule has 1 aliphatic heterocycles. The zero-order valence-corrected chi connectivity index (χ0v) is 14.2. The summed E-state index contributed by atoms with van der Waals surface area (Å²) in [7, 11) is 0. The van der Waals surface area contributed by atoms with Gasteiger partial charge in [0.25, 0.3) is 5.56 Å². The Kier molecular flexibility index (Phi) is 4.07. The summed E-state index contributed by atoms with van der Waals surface area (Å²) < 4.78 is 1.85. The molecule has 4 rings (SSSR count). The van der Waals surface area contributed by atoms with E-state index in [0.29, 0.717) is 11.3 Å². The second-order valence-electron chi connectivity index (χ2n) is 6.61. The lowest BCUT2D eigenvalue weighted by molar-refractivity contribution is 0.484. The number of fused-ring (bicyclic) bond motifs is 2. The Bertz CT molecular complexity index is 1040. The summed E-state index contributed by atoms with van der Waals surface area (Å²) in [5.41, 5.74) is 2.38. The van der Waals surface area contributed by atoms with Gasteiger partial charge in [-0.05, 0) is 55.0 Å². The third-order valence-corrected chi connectivity index (χ3v) is 4.74. The van der Waals surface area contributed by atoms with Gasteiger partial charge >= 0.3 is 0 Å². The summed E-state index contributed by atoms with van der Waals surface area (Å²) in [5.74, 6) is 7.69. The largest absolute Gasteiger partial charge is 0.296 e. The molecule has 4 heteroatoms. The van der Waals surface area contributed by atoms with E-state index in [9.17, 15) is 4.79 Å². The van der Waals surface area contributed by atoms with E-state index in [0.717, 1.165) is 48.4 Å². The van der Waals surface area contributed by atoms with Gasteiger partial charge in [-0.2, -0.15) is 0 Å². The van der Waals surface area contributed by atoms with E-state index in [1.54, 1.807) is 6.20 Å². The number of pyridine rings is 1. The Hall–Kier alpha value is -2.93. The molecule has 3 heterocycles. The van der Waals surface area contributed by atoms with Gasteiger partial charge in [0.1, 0.15) is 11.5 Å². The van der Waals surface area contributed by atoms with Crippen molar-refractivity contribution in [3.05, 3.63) is 70.0 Å². The quantitative estimate of drug-likeness (QED) is 0.595. The Morgan fingerprint density at radius 3 is 2.92 bits per heavy atom. The van der Waals surface area contributed by atoms with Gasteiger partial charge in [-0.25, -0.2) is 9.97 Å². The highest BCUT2D eigenvalue weighted by Crippen LogP contribution is 2.19. The van der Waals surface area contributed by atoms with E-state index in [2.05, 4.69) is 23.7 Å². The zero-order valence-electron chi connectivity index (χ0n) is 14.2. The first-order chi connectivity index (χ1) is 12.2. The molecule has 0 N–H and O–H groups in total. The van der Waals surface area contributed by atoms with Crippen molar-refractivity contribution in [1.29, 1.82) is 0 Å². The van der Waals surface area contributed by atoms with Crippen molar-refractivity contribution in [2.75, 3.05) is 0 Å². The molecule has 0 fully saturated rings. The van der Waals surface area contributed by atoms with Gasteiger partial charge in [0.2, 0.25) is 0 Å². The van der Waals surface area contributed by atoms with Crippen LogP contribution in [0.4, 0.5) is 0 Å². The average Bonchev–Trinajstić information content (AvgIpc) is 2.83. The van der Waals surface area contributed by atoms with E-state index in [-0.39, 0.29) is 5.56 Å². The third kappa shape index (κ3) is 3.18. The lowest BCUT2D eigenvalue weighted by Crippen LogP contribution is -2.24. The Morgan fingerprint density at radius 1 is 1.16 bits per heavy atom. The molecule has 124 valence electrons. The summed E-state index contributed by atoms with van der Waals surface area (Å²) in [6, 6.07) is 11.3. The van der Waals surface area contributed by atoms with Gasteiger partial charge in [0.05, 0.1) is 10.9 Å². The maximum absolute atomic E-state index is 12.8. The SMILES string of the molecule is C[C@@H]1CCc2nc3cc(C#Cc4ccccn4)ccc3c(=O)n2CC1. The minimum absolute atomic E-state index is 0.0679. The molecule has 0 aliphatic carbocycles. The molecule has 1 aromatic carbocycles. The molecule has 4 nitrogen and oxygen atoms in total. The van der Waals surface area contributed by atoms with Crippen LogP contribution in [0.5, 0.6) is 0 Å². The summed E-state index contributed by atoms with van der Waals surface area (Å²) in [5, 5.41) is 0.668. The summed E-state index contributed by atoms with van der Waals surface area (Å²) >= 11 is 0. The first-order valence-corrected chi connectivity index (χ1v) is 8.67. The van der Waals surface area contributed by atoms with Crippen LogP contribution in [0, 0.1) is 17.8 Å². The number of benzene rings is 1. The molecule has 0 saturated carbocycles. The van der Waals surface area contributed by atoms with E-state index < -0.39 is 0 Å². The van der Waals surface area contributed by atoms with Crippen molar-refractivity contribution in [3.63, 3.8) is 0 Å². The monoisotopic (exact) mass is 329 g/mol. The van der Waals surface area contributed by atoms with E-state index in [4.69, 9.17) is 4.98 Å². The molecule has 0 saturated heterocycles. The van der Waals surface area contributed by atoms with Crippen LogP contribution in [-0.4, -0.2) is 14.5 Å². The fourth-order valence-corrected chi connectivity index (χ4v) is 3.21. The lowest BCUT2D eigenvalue weighted by atomic mass is 10.0. The molecule has 2 aromatic heterocycles. The van der Waals surface area contributed by atoms with Crippen LogP contribution < -0.4 is 5.56 Å². The molecule has 0 unspecified atom stereocenters. The second kappa shape index (κ2) is 6.52.